The van der Waals surface area contributed by atoms with Crippen LogP contribution in [0, 0.1) is 0 Å². The lowest BCUT2D eigenvalue weighted by molar-refractivity contribution is -0.117. The molecule has 0 aromatic heterocycles. The van der Waals surface area contributed by atoms with Crippen molar-refractivity contribution in [3.05, 3.63) is 58.1 Å². The summed E-state index contributed by atoms with van der Waals surface area (Å²) in [6.45, 7) is 1.69. The van der Waals surface area contributed by atoms with Crippen molar-refractivity contribution >= 4 is 56.5 Å². The summed E-state index contributed by atoms with van der Waals surface area (Å²) in [6.07, 6.45) is 1.23. The molecule has 0 aliphatic rings. The van der Waals surface area contributed by atoms with E-state index in [0.717, 1.165) is 10.6 Å². The van der Waals surface area contributed by atoms with E-state index in [1.54, 1.807) is 19.1 Å². The Morgan fingerprint density at radius 3 is 2.28 bits per heavy atom. The van der Waals surface area contributed by atoms with Gasteiger partial charge in [0, 0.05) is 10.7 Å². The van der Waals surface area contributed by atoms with Crippen molar-refractivity contribution in [3.8, 4) is 0 Å². The number of nitrogens with one attached hydrogen (secondary N) is 1. The minimum absolute atomic E-state index is 0.0812. The molecule has 0 spiro atoms. The molecular formula is C19H20Cl2N2O5S. The lowest BCUT2D eigenvalue weighted by Crippen LogP contribution is -2.47. The second-order valence-electron chi connectivity index (χ2n) is 6.13. The number of anilines is 2. The molecule has 29 heavy (non-hydrogen) atoms. The minimum atomic E-state index is -3.78. The fraction of sp³-hybridized carbons (Fsp3) is 0.263. The van der Waals surface area contributed by atoms with E-state index in [0.29, 0.717) is 10.7 Å². The molecule has 10 heteroatoms. The molecule has 0 heterocycles. The quantitative estimate of drug-likeness (QED) is 0.633. The summed E-state index contributed by atoms with van der Waals surface area (Å²) in [5, 5.41) is 3.24. The third kappa shape index (κ3) is 5.62. The average molecular weight is 459 g/mol. The number of nitrogens with zero attached hydrogens (tertiary/aromatic N) is 1. The summed E-state index contributed by atoms with van der Waals surface area (Å²) < 4.78 is 30.6. The Kier molecular flexibility index (Phi) is 7.51. The molecule has 0 radical (unpaired) electrons. The van der Waals surface area contributed by atoms with E-state index in [2.05, 4.69) is 10.1 Å². The summed E-state index contributed by atoms with van der Waals surface area (Å²) in [6, 6.07) is 9.43. The molecular weight excluding hydrogens is 439 g/mol. The van der Waals surface area contributed by atoms with E-state index >= 15 is 0 Å². The van der Waals surface area contributed by atoms with Crippen LogP contribution in [0.3, 0.4) is 0 Å². The van der Waals surface area contributed by atoms with E-state index in [9.17, 15) is 18.0 Å². The monoisotopic (exact) mass is 458 g/mol. The molecule has 7 nitrogen and oxygen atoms in total. The lowest BCUT2D eigenvalue weighted by atomic mass is 10.1. The second-order valence-corrected chi connectivity index (χ2v) is 8.84. The summed E-state index contributed by atoms with van der Waals surface area (Å²) >= 11 is 11.9. The van der Waals surface area contributed by atoms with Crippen molar-refractivity contribution in [3.63, 3.8) is 0 Å². The standard InChI is InChI=1S/C19H20Cl2N2O5S/c1-4-17(23(29(3,26)27)14-8-5-12(20)6-9-14)18(24)22-13-7-10-16(21)15(11-13)19(25)28-2/h5-11,17H,4H2,1-3H3,(H,22,24)/t17-/m0/s1. The zero-order valence-corrected chi connectivity index (χ0v) is 18.3. The predicted molar refractivity (Wildman–Crippen MR) is 114 cm³/mol. The molecule has 0 bridgehead atoms. The van der Waals surface area contributed by atoms with Gasteiger partial charge in [0.05, 0.1) is 29.6 Å². The van der Waals surface area contributed by atoms with Gasteiger partial charge in [-0.25, -0.2) is 13.2 Å². The highest BCUT2D eigenvalue weighted by Crippen LogP contribution is 2.26. The molecule has 1 amide bonds. The van der Waals surface area contributed by atoms with Gasteiger partial charge in [-0.3, -0.25) is 9.10 Å². The van der Waals surface area contributed by atoms with Crippen molar-refractivity contribution in [1.29, 1.82) is 0 Å². The third-order valence-corrected chi connectivity index (χ3v) is 5.81. The number of halogens is 2. The normalized spacial score (nSPS) is 12.2. The van der Waals surface area contributed by atoms with Crippen molar-refractivity contribution in [2.45, 2.75) is 19.4 Å². The largest absolute Gasteiger partial charge is 0.465 e. The van der Waals surface area contributed by atoms with E-state index in [1.165, 1.54) is 37.4 Å². The Bertz CT molecular complexity index is 1010. The second kappa shape index (κ2) is 9.47. The molecule has 0 saturated heterocycles. The molecule has 0 unspecified atom stereocenters. The van der Waals surface area contributed by atoms with Crippen molar-refractivity contribution < 1.29 is 22.7 Å². The molecule has 2 rings (SSSR count). The Labute approximate surface area is 179 Å². The first kappa shape index (κ1) is 23.0. The number of esters is 1. The SMILES string of the molecule is CC[C@@H](C(=O)Nc1ccc(Cl)c(C(=O)OC)c1)N(c1ccc(Cl)cc1)S(C)(=O)=O. The van der Waals surface area contributed by atoms with Gasteiger partial charge >= 0.3 is 5.97 Å². The summed E-state index contributed by atoms with van der Waals surface area (Å²) in [7, 11) is -2.56. The number of ether oxygens (including phenoxy) is 1. The zero-order valence-electron chi connectivity index (χ0n) is 16.0. The van der Waals surface area contributed by atoms with E-state index in [4.69, 9.17) is 23.2 Å². The first-order valence-electron chi connectivity index (χ1n) is 8.52. The van der Waals surface area contributed by atoms with E-state index in [-0.39, 0.29) is 22.7 Å². The van der Waals surface area contributed by atoms with Crippen LogP contribution in [0.2, 0.25) is 10.0 Å². The molecule has 0 fully saturated rings. The molecule has 2 aromatic carbocycles. The number of hydrogen-bond donors (Lipinski definition) is 1. The maximum atomic E-state index is 12.9. The van der Waals surface area contributed by atoms with Gasteiger partial charge in [0.1, 0.15) is 6.04 Å². The molecule has 0 saturated carbocycles. The highest BCUT2D eigenvalue weighted by atomic mass is 35.5. The number of carbonyl (C=O) groups is 2. The van der Waals surface area contributed by atoms with Crippen LogP contribution in [-0.4, -0.2) is 39.7 Å². The molecule has 2 aromatic rings. The van der Waals surface area contributed by atoms with Crippen molar-refractivity contribution in [1.82, 2.24) is 0 Å². The Hall–Kier alpha value is -2.29. The lowest BCUT2D eigenvalue weighted by Gasteiger charge is -2.30. The number of rotatable bonds is 7. The Balaban J connectivity index is 2.37. The van der Waals surface area contributed by atoms with Gasteiger partial charge < -0.3 is 10.1 Å². The number of methoxy groups -OCH3 is 1. The van der Waals surface area contributed by atoms with Crippen LogP contribution in [0.15, 0.2) is 42.5 Å². The zero-order chi connectivity index (χ0) is 21.8. The van der Waals surface area contributed by atoms with Crippen LogP contribution in [-0.2, 0) is 19.6 Å². The van der Waals surface area contributed by atoms with Crippen molar-refractivity contribution in [2.75, 3.05) is 23.0 Å². The molecule has 156 valence electrons. The number of amides is 1. The highest BCUT2D eigenvalue weighted by Gasteiger charge is 2.31. The molecule has 0 aliphatic carbocycles. The molecule has 1 atom stereocenters. The summed E-state index contributed by atoms with van der Waals surface area (Å²) in [5.74, 6) is -1.22. The van der Waals surface area contributed by atoms with E-state index in [1.807, 2.05) is 0 Å². The summed E-state index contributed by atoms with van der Waals surface area (Å²) in [4.78, 5) is 24.7. The van der Waals surface area contributed by atoms with Crippen LogP contribution in [0.4, 0.5) is 11.4 Å². The first-order valence-corrected chi connectivity index (χ1v) is 11.1. The fourth-order valence-electron chi connectivity index (χ4n) is 2.74. The van der Waals surface area contributed by atoms with Gasteiger partial charge in [0.15, 0.2) is 0 Å². The first-order chi connectivity index (χ1) is 13.6. The Morgan fingerprint density at radius 2 is 1.76 bits per heavy atom. The van der Waals surface area contributed by atoms with Gasteiger partial charge in [0.2, 0.25) is 15.9 Å². The molecule has 0 aliphatic heterocycles. The van der Waals surface area contributed by atoms with Crippen LogP contribution < -0.4 is 9.62 Å². The predicted octanol–water partition coefficient (Wildman–Crippen LogP) is 3.96. The topological polar surface area (TPSA) is 92.8 Å². The third-order valence-electron chi connectivity index (χ3n) is 4.05. The number of hydrogen-bond acceptors (Lipinski definition) is 5. The highest BCUT2D eigenvalue weighted by molar-refractivity contribution is 7.92. The Morgan fingerprint density at radius 1 is 1.14 bits per heavy atom. The number of sulfonamides is 1. The average Bonchev–Trinajstić information content (AvgIpc) is 2.66. The molecule has 1 N–H and O–H groups in total. The van der Waals surface area contributed by atoms with Crippen LogP contribution in [0.25, 0.3) is 0 Å². The smallest absolute Gasteiger partial charge is 0.339 e. The fourth-order valence-corrected chi connectivity index (χ4v) is 4.28. The maximum Gasteiger partial charge on any atom is 0.339 e. The van der Waals surface area contributed by atoms with Gasteiger partial charge in [-0.1, -0.05) is 30.1 Å². The van der Waals surface area contributed by atoms with Gasteiger partial charge in [-0.2, -0.15) is 0 Å². The minimum Gasteiger partial charge on any atom is -0.465 e. The summed E-state index contributed by atoms with van der Waals surface area (Å²) in [5.41, 5.74) is 0.672. The van der Waals surface area contributed by atoms with Crippen LogP contribution in [0.1, 0.15) is 23.7 Å². The maximum absolute atomic E-state index is 12.9. The van der Waals surface area contributed by atoms with Crippen LogP contribution in [0.5, 0.6) is 0 Å². The van der Waals surface area contributed by atoms with Gasteiger partial charge in [-0.15, -0.1) is 0 Å². The van der Waals surface area contributed by atoms with Crippen LogP contribution >= 0.6 is 23.2 Å². The number of benzene rings is 2. The van der Waals surface area contributed by atoms with Gasteiger partial charge in [0.25, 0.3) is 0 Å². The number of carbonyl (C=O) groups excluding carboxylic acids is 2. The van der Waals surface area contributed by atoms with E-state index < -0.39 is 27.9 Å². The van der Waals surface area contributed by atoms with Gasteiger partial charge in [-0.05, 0) is 48.9 Å². The van der Waals surface area contributed by atoms with Crippen molar-refractivity contribution in [2.24, 2.45) is 0 Å².